The molecule has 0 fully saturated rings. The van der Waals surface area contributed by atoms with Gasteiger partial charge in [-0.05, 0) is 31.2 Å². The Balaban J connectivity index is 1.85. The minimum Gasteiger partial charge on any atom is -0.451 e. The molecule has 2 aromatic carbocycles. The second kappa shape index (κ2) is 9.85. The maximum absolute atomic E-state index is 12.1. The highest BCUT2D eigenvalue weighted by Gasteiger charge is 2.19. The summed E-state index contributed by atoms with van der Waals surface area (Å²) in [5.74, 6) is -2.11. The van der Waals surface area contributed by atoms with Crippen molar-refractivity contribution in [2.24, 2.45) is 0 Å². The first-order valence-electron chi connectivity index (χ1n) is 8.15. The predicted octanol–water partition coefficient (Wildman–Crippen LogP) is 3.20. The Morgan fingerprint density at radius 3 is 2.52 bits per heavy atom. The van der Waals surface area contributed by atoms with Gasteiger partial charge in [-0.3, -0.25) is 24.5 Å². The van der Waals surface area contributed by atoms with Gasteiger partial charge in [0.25, 0.3) is 17.5 Å². The molecule has 0 heterocycles. The first-order valence-corrected chi connectivity index (χ1v) is 8.91. The van der Waals surface area contributed by atoms with Crippen LogP contribution in [0, 0.1) is 10.1 Å². The van der Waals surface area contributed by atoms with Crippen molar-refractivity contribution in [3.8, 4) is 0 Å². The molecule has 2 aromatic rings. The number of hydrogen-bond acceptors (Lipinski definition) is 6. The van der Waals surface area contributed by atoms with Crippen molar-refractivity contribution < 1.29 is 24.0 Å². The van der Waals surface area contributed by atoms with Crippen LogP contribution in [0.3, 0.4) is 0 Å². The zero-order chi connectivity index (χ0) is 21.6. The first-order chi connectivity index (χ1) is 13.7. The summed E-state index contributed by atoms with van der Waals surface area (Å²) in [6.45, 7) is 0.846. The molecule has 0 aliphatic carbocycles. The van der Waals surface area contributed by atoms with Crippen molar-refractivity contribution in [2.45, 2.75) is 13.0 Å². The monoisotopic (exact) mass is 439 g/mol. The van der Waals surface area contributed by atoms with Gasteiger partial charge >= 0.3 is 5.97 Å². The molecular weight excluding hydrogens is 425 g/mol. The van der Waals surface area contributed by atoms with Crippen molar-refractivity contribution in [2.75, 3.05) is 11.9 Å². The Kier molecular flexibility index (Phi) is 7.52. The van der Waals surface area contributed by atoms with E-state index in [2.05, 4.69) is 10.6 Å². The summed E-state index contributed by atoms with van der Waals surface area (Å²) in [5.41, 5.74) is 0.182. The third-order valence-corrected chi connectivity index (χ3v) is 4.32. The number of nitrogens with one attached hydrogen (secondary N) is 2. The average Bonchev–Trinajstić information content (AvgIpc) is 2.68. The standard InChI is InChI=1S/C18H15Cl2N3O6/c1-10(17(25)22-12-3-2-4-13(8-12)23(27)28)29-16(24)9-21-18(26)11-5-6-14(19)15(20)7-11/h2-8,10H,9H2,1H3,(H,21,26)(H,22,25). The maximum atomic E-state index is 12.1. The molecule has 0 aliphatic rings. The SMILES string of the molecule is CC(OC(=O)CNC(=O)c1ccc(Cl)c(Cl)c1)C(=O)Nc1cccc([N+](=O)[O-])c1. The molecule has 152 valence electrons. The van der Waals surface area contributed by atoms with Crippen LogP contribution in [0.5, 0.6) is 0 Å². The van der Waals surface area contributed by atoms with E-state index in [9.17, 15) is 24.5 Å². The second-order valence-corrected chi connectivity index (χ2v) is 6.55. The van der Waals surface area contributed by atoms with E-state index in [1.165, 1.54) is 49.4 Å². The molecule has 0 aromatic heterocycles. The number of halogens is 2. The van der Waals surface area contributed by atoms with Crippen LogP contribution in [0.1, 0.15) is 17.3 Å². The van der Waals surface area contributed by atoms with E-state index in [4.69, 9.17) is 27.9 Å². The van der Waals surface area contributed by atoms with Crippen molar-refractivity contribution >= 4 is 52.4 Å². The van der Waals surface area contributed by atoms with Gasteiger partial charge in [-0.1, -0.05) is 29.3 Å². The summed E-state index contributed by atoms with van der Waals surface area (Å²) >= 11 is 11.6. The molecule has 2 amide bonds. The lowest BCUT2D eigenvalue weighted by atomic mass is 10.2. The van der Waals surface area contributed by atoms with E-state index in [1.807, 2.05) is 0 Å². The Bertz CT molecular complexity index is 966. The Morgan fingerprint density at radius 1 is 1.14 bits per heavy atom. The van der Waals surface area contributed by atoms with Crippen molar-refractivity contribution in [3.05, 3.63) is 68.2 Å². The van der Waals surface area contributed by atoms with Crippen molar-refractivity contribution in [3.63, 3.8) is 0 Å². The molecule has 2 N–H and O–H groups in total. The number of nitrogens with zero attached hydrogens (tertiary/aromatic N) is 1. The number of anilines is 1. The summed E-state index contributed by atoms with van der Waals surface area (Å²) in [5, 5.41) is 16.0. The van der Waals surface area contributed by atoms with Crippen LogP contribution in [0.2, 0.25) is 10.0 Å². The topological polar surface area (TPSA) is 128 Å². The van der Waals surface area contributed by atoms with Gasteiger partial charge in [-0.2, -0.15) is 0 Å². The van der Waals surface area contributed by atoms with Gasteiger partial charge in [0.2, 0.25) is 0 Å². The molecule has 0 spiro atoms. The van der Waals surface area contributed by atoms with Gasteiger partial charge in [0.15, 0.2) is 6.10 Å². The number of non-ortho nitro benzene ring substituents is 1. The zero-order valence-corrected chi connectivity index (χ0v) is 16.5. The second-order valence-electron chi connectivity index (χ2n) is 5.74. The van der Waals surface area contributed by atoms with Gasteiger partial charge in [-0.25, -0.2) is 0 Å². The normalized spacial score (nSPS) is 11.3. The van der Waals surface area contributed by atoms with Gasteiger partial charge < -0.3 is 15.4 Å². The van der Waals surface area contributed by atoms with Crippen molar-refractivity contribution in [1.82, 2.24) is 5.32 Å². The minimum atomic E-state index is -1.19. The summed E-state index contributed by atoms with van der Waals surface area (Å²) in [6, 6.07) is 9.53. The number of nitro benzene ring substituents is 1. The van der Waals surface area contributed by atoms with Crippen LogP contribution >= 0.6 is 23.2 Å². The Morgan fingerprint density at radius 2 is 1.86 bits per heavy atom. The van der Waals surface area contributed by atoms with Crippen LogP contribution < -0.4 is 10.6 Å². The van der Waals surface area contributed by atoms with E-state index in [0.29, 0.717) is 0 Å². The fourth-order valence-electron chi connectivity index (χ4n) is 2.13. The fraction of sp³-hybridized carbons (Fsp3) is 0.167. The average molecular weight is 440 g/mol. The van der Waals surface area contributed by atoms with Crippen molar-refractivity contribution in [1.29, 1.82) is 0 Å². The molecule has 0 radical (unpaired) electrons. The quantitative estimate of drug-likeness (QED) is 0.387. The third kappa shape index (κ3) is 6.44. The maximum Gasteiger partial charge on any atom is 0.326 e. The zero-order valence-electron chi connectivity index (χ0n) is 15.0. The molecule has 2 rings (SSSR count). The molecule has 0 saturated heterocycles. The molecule has 9 nitrogen and oxygen atoms in total. The number of rotatable bonds is 7. The molecule has 11 heteroatoms. The molecule has 0 bridgehead atoms. The molecule has 0 aliphatic heterocycles. The number of amides is 2. The summed E-state index contributed by atoms with van der Waals surface area (Å²) in [6.07, 6.45) is -1.19. The van der Waals surface area contributed by atoms with Gasteiger partial charge in [-0.15, -0.1) is 0 Å². The number of ether oxygens (including phenoxy) is 1. The lowest BCUT2D eigenvalue weighted by Crippen LogP contribution is -2.35. The highest BCUT2D eigenvalue weighted by molar-refractivity contribution is 6.42. The largest absolute Gasteiger partial charge is 0.451 e. The highest BCUT2D eigenvalue weighted by atomic mass is 35.5. The number of hydrogen-bond donors (Lipinski definition) is 2. The van der Waals surface area contributed by atoms with Gasteiger partial charge in [0.05, 0.1) is 15.0 Å². The predicted molar refractivity (Wildman–Crippen MR) is 106 cm³/mol. The summed E-state index contributed by atoms with van der Waals surface area (Å²) in [7, 11) is 0. The number of benzene rings is 2. The fourth-order valence-corrected chi connectivity index (χ4v) is 2.42. The van der Waals surface area contributed by atoms with Crippen LogP contribution in [0.25, 0.3) is 0 Å². The van der Waals surface area contributed by atoms with Crippen LogP contribution in [0.4, 0.5) is 11.4 Å². The number of carbonyl (C=O) groups is 3. The smallest absolute Gasteiger partial charge is 0.326 e. The van der Waals surface area contributed by atoms with Gasteiger partial charge in [0.1, 0.15) is 6.54 Å². The summed E-state index contributed by atoms with van der Waals surface area (Å²) < 4.78 is 4.94. The van der Waals surface area contributed by atoms with Crippen LogP contribution in [0.15, 0.2) is 42.5 Å². The molecule has 1 atom stereocenters. The highest BCUT2D eigenvalue weighted by Crippen LogP contribution is 2.22. The van der Waals surface area contributed by atoms with E-state index >= 15 is 0 Å². The molecule has 1 unspecified atom stereocenters. The van der Waals surface area contributed by atoms with E-state index < -0.39 is 35.4 Å². The van der Waals surface area contributed by atoms with E-state index in [-0.39, 0.29) is 27.0 Å². The number of esters is 1. The lowest BCUT2D eigenvalue weighted by Gasteiger charge is -2.14. The Hall–Kier alpha value is -3.17. The first kappa shape index (κ1) is 22.1. The minimum absolute atomic E-state index is 0.181. The van der Waals surface area contributed by atoms with Gasteiger partial charge in [0, 0.05) is 23.4 Å². The van der Waals surface area contributed by atoms with E-state index in [0.717, 1.165) is 0 Å². The molecule has 0 saturated carbocycles. The van der Waals surface area contributed by atoms with E-state index in [1.54, 1.807) is 0 Å². The number of carbonyl (C=O) groups excluding carboxylic acids is 3. The number of nitro groups is 1. The Labute approximate surface area is 175 Å². The summed E-state index contributed by atoms with van der Waals surface area (Å²) in [4.78, 5) is 46.1. The molecular formula is C18H15Cl2N3O6. The molecule has 29 heavy (non-hydrogen) atoms. The van der Waals surface area contributed by atoms with Crippen LogP contribution in [-0.4, -0.2) is 35.4 Å². The van der Waals surface area contributed by atoms with Crippen LogP contribution in [-0.2, 0) is 14.3 Å². The third-order valence-electron chi connectivity index (χ3n) is 3.58. The lowest BCUT2D eigenvalue weighted by molar-refractivity contribution is -0.384.